The Labute approximate surface area is 116 Å². The average Bonchev–Trinajstić information content (AvgIpc) is 2.20. The first-order valence-electron chi connectivity index (χ1n) is 3.97. The Morgan fingerprint density at radius 1 is 0.750 bits per heavy atom. The molecule has 0 aromatic rings. The number of rotatable bonds is 11. The van der Waals surface area contributed by atoms with Gasteiger partial charge in [0.2, 0.25) is 0 Å². The Balaban J connectivity index is 2.98. The third-order valence-electron chi connectivity index (χ3n) is 0.978. The average molecular weight is 339 g/mol. The molecule has 94 valence electrons. The molecule has 4 nitrogen and oxygen atoms in total. The normalized spacial score (nSPS) is 10.2. The fraction of sp³-hybridized carbons (Fsp3) is 0.667. The molecule has 0 unspecified atom stereocenters. The molecule has 0 saturated heterocycles. The van der Waals surface area contributed by atoms with Crippen molar-refractivity contribution < 1.29 is 19.8 Å². The largest absolute Gasteiger partial charge is 0.481 e. The second-order valence-electron chi connectivity index (χ2n) is 2.20. The Morgan fingerprint density at radius 2 is 1.12 bits per heavy atom. The summed E-state index contributed by atoms with van der Waals surface area (Å²) < 4.78 is 0. The van der Waals surface area contributed by atoms with Gasteiger partial charge in [-0.15, -0.1) is 0 Å². The number of carboxylic acid groups (broad SMARTS) is 2. The molecule has 0 bridgehead atoms. The van der Waals surface area contributed by atoms with Gasteiger partial charge in [0.15, 0.2) is 0 Å². The van der Waals surface area contributed by atoms with Crippen LogP contribution in [0.5, 0.6) is 0 Å². The van der Waals surface area contributed by atoms with Crippen LogP contribution in [-0.4, -0.2) is 33.7 Å². The molecule has 0 saturated carbocycles. The van der Waals surface area contributed by atoms with Crippen molar-refractivity contribution >= 4 is 72.8 Å². The molecule has 0 amide bonds. The fourth-order valence-corrected chi connectivity index (χ4v) is 11.8. The lowest BCUT2D eigenvalue weighted by Crippen LogP contribution is -1.94. The number of hydrogen-bond donors (Lipinski definition) is 2. The summed E-state index contributed by atoms with van der Waals surface area (Å²) in [6, 6.07) is 0. The first-order valence-corrected chi connectivity index (χ1v) is 11.8. The summed E-state index contributed by atoms with van der Waals surface area (Å²) in [5, 5.41) is 16.7. The zero-order valence-electron chi connectivity index (χ0n) is 7.99. The van der Waals surface area contributed by atoms with E-state index in [4.69, 9.17) is 10.2 Å². The lowest BCUT2D eigenvalue weighted by atomic mass is 10.5. The molecule has 0 fully saturated rings. The van der Waals surface area contributed by atoms with Gasteiger partial charge in [0.25, 0.3) is 0 Å². The van der Waals surface area contributed by atoms with Gasteiger partial charge >= 0.3 is 11.9 Å². The number of carbonyl (C=O) groups is 2. The van der Waals surface area contributed by atoms with E-state index in [0.29, 0.717) is 11.5 Å². The van der Waals surface area contributed by atoms with E-state index in [9.17, 15) is 9.59 Å². The van der Waals surface area contributed by atoms with Crippen LogP contribution in [0.1, 0.15) is 12.8 Å². The van der Waals surface area contributed by atoms with Crippen LogP contribution in [0.15, 0.2) is 0 Å². The van der Waals surface area contributed by atoms with E-state index in [-0.39, 0.29) is 12.8 Å². The van der Waals surface area contributed by atoms with Crippen molar-refractivity contribution in [2.45, 2.75) is 12.8 Å². The molecule has 0 spiro atoms. The minimum absolute atomic E-state index is 0.184. The molecule has 0 radical (unpaired) electrons. The van der Waals surface area contributed by atoms with Crippen molar-refractivity contribution in [1.82, 2.24) is 0 Å². The van der Waals surface area contributed by atoms with Gasteiger partial charge in [-0.2, -0.15) is 0 Å². The predicted molar refractivity (Wildman–Crippen MR) is 79.8 cm³/mol. The summed E-state index contributed by atoms with van der Waals surface area (Å²) in [6.45, 7) is 0. The summed E-state index contributed by atoms with van der Waals surface area (Å²) in [7, 11) is 9.23. The summed E-state index contributed by atoms with van der Waals surface area (Å²) >= 11 is 0. The van der Waals surface area contributed by atoms with Gasteiger partial charge in [0.05, 0.1) is 12.8 Å². The number of hydrogen-bond acceptors (Lipinski definition) is 8. The van der Waals surface area contributed by atoms with Crippen molar-refractivity contribution in [3.8, 4) is 0 Å². The quantitative estimate of drug-likeness (QED) is 0.428. The number of carboxylic acids is 2. The zero-order valence-corrected chi connectivity index (χ0v) is 12.9. The first kappa shape index (κ1) is 17.0. The van der Waals surface area contributed by atoms with E-state index >= 15 is 0 Å². The minimum Gasteiger partial charge on any atom is -0.481 e. The SMILES string of the molecule is O=C(O)CCSSSSSSCCC(=O)O. The molecule has 0 aliphatic carbocycles. The molecule has 0 aromatic carbocycles. The molecule has 2 N–H and O–H groups in total. The first-order chi connectivity index (χ1) is 7.63. The highest BCUT2D eigenvalue weighted by Crippen LogP contribution is 2.52. The van der Waals surface area contributed by atoms with Crippen LogP contribution in [0.3, 0.4) is 0 Å². The standard InChI is InChI=1S/C6H10O4S6/c7-5(8)1-3-11-13-15-16-14-12-4-2-6(9)10/h1-4H2,(H,7,8)(H,9,10). The van der Waals surface area contributed by atoms with Crippen molar-refractivity contribution in [2.24, 2.45) is 0 Å². The molecule has 10 heteroatoms. The Bertz CT molecular complexity index is 191. The van der Waals surface area contributed by atoms with Gasteiger partial charge in [0, 0.05) is 11.5 Å². The van der Waals surface area contributed by atoms with Crippen molar-refractivity contribution in [2.75, 3.05) is 11.5 Å². The topological polar surface area (TPSA) is 74.6 Å². The van der Waals surface area contributed by atoms with Crippen LogP contribution < -0.4 is 0 Å². The van der Waals surface area contributed by atoms with Crippen LogP contribution in [0.25, 0.3) is 0 Å². The van der Waals surface area contributed by atoms with E-state index in [1.54, 1.807) is 39.3 Å². The maximum absolute atomic E-state index is 10.2. The Kier molecular flexibility index (Phi) is 13.3. The van der Waals surface area contributed by atoms with Gasteiger partial charge in [-0.3, -0.25) is 9.59 Å². The van der Waals surface area contributed by atoms with Gasteiger partial charge in [0.1, 0.15) is 0 Å². The van der Waals surface area contributed by atoms with Crippen molar-refractivity contribution in [1.29, 1.82) is 0 Å². The van der Waals surface area contributed by atoms with Crippen molar-refractivity contribution in [3.05, 3.63) is 0 Å². The molecule has 0 rings (SSSR count). The fourth-order valence-electron chi connectivity index (χ4n) is 0.388. The zero-order chi connectivity index (χ0) is 12.2. The highest BCUT2D eigenvalue weighted by molar-refractivity contribution is 9.41. The van der Waals surface area contributed by atoms with Crippen LogP contribution in [0, 0.1) is 0 Å². The molecule has 0 aromatic heterocycles. The molecule has 16 heavy (non-hydrogen) atoms. The second kappa shape index (κ2) is 12.5. The highest BCUT2D eigenvalue weighted by Gasteiger charge is 2.00. The smallest absolute Gasteiger partial charge is 0.304 e. The predicted octanol–water partition coefficient (Wildman–Crippen LogP) is 3.91. The molecule has 0 aliphatic rings. The maximum atomic E-state index is 10.2. The lowest BCUT2D eigenvalue weighted by molar-refractivity contribution is -0.137. The van der Waals surface area contributed by atoms with Gasteiger partial charge in [-0.1, -0.05) is 21.6 Å². The summed E-state index contributed by atoms with van der Waals surface area (Å²) in [5.74, 6) is -0.344. The molecular formula is C6H10O4S6. The third-order valence-corrected chi connectivity index (χ3v) is 11.9. The Morgan fingerprint density at radius 3 is 1.44 bits per heavy atom. The monoisotopic (exact) mass is 338 g/mol. The number of aliphatic carboxylic acids is 2. The van der Waals surface area contributed by atoms with E-state index in [2.05, 4.69) is 0 Å². The minimum atomic E-state index is -0.774. The summed E-state index contributed by atoms with van der Waals surface area (Å²) in [5.41, 5.74) is 0. The van der Waals surface area contributed by atoms with Crippen molar-refractivity contribution in [3.63, 3.8) is 0 Å². The molecule has 0 atom stereocenters. The summed E-state index contributed by atoms with van der Waals surface area (Å²) in [4.78, 5) is 20.3. The van der Waals surface area contributed by atoms with Gasteiger partial charge < -0.3 is 10.2 Å². The van der Waals surface area contributed by atoms with Crippen LogP contribution in [-0.2, 0) is 9.59 Å². The highest BCUT2D eigenvalue weighted by atomic mass is 33.9. The molecular weight excluding hydrogens is 328 g/mol. The molecule has 0 heterocycles. The van der Waals surface area contributed by atoms with E-state index in [0.717, 1.165) is 0 Å². The van der Waals surface area contributed by atoms with Crippen LogP contribution in [0.2, 0.25) is 0 Å². The van der Waals surface area contributed by atoms with E-state index in [1.165, 1.54) is 21.6 Å². The summed E-state index contributed by atoms with van der Waals surface area (Å²) in [6.07, 6.45) is 0.368. The molecule has 0 aliphatic heterocycles. The van der Waals surface area contributed by atoms with E-state index in [1.807, 2.05) is 0 Å². The van der Waals surface area contributed by atoms with Crippen LogP contribution >= 0.6 is 60.9 Å². The third kappa shape index (κ3) is 15.0. The van der Waals surface area contributed by atoms with Gasteiger partial charge in [-0.25, -0.2) is 0 Å². The van der Waals surface area contributed by atoms with E-state index < -0.39 is 11.9 Å². The maximum Gasteiger partial charge on any atom is 0.304 e. The lowest BCUT2D eigenvalue weighted by Gasteiger charge is -1.98. The Hall–Kier alpha value is 1.04. The van der Waals surface area contributed by atoms with Gasteiger partial charge in [-0.05, 0) is 39.3 Å². The van der Waals surface area contributed by atoms with Crippen LogP contribution in [0.4, 0.5) is 0 Å². The second-order valence-corrected chi connectivity index (χ2v) is 12.0.